The maximum atomic E-state index is 10.9. The van der Waals surface area contributed by atoms with Crippen LogP contribution >= 0.6 is 8.25 Å². The Labute approximate surface area is 129 Å². The summed E-state index contributed by atoms with van der Waals surface area (Å²) in [6.45, 7) is 2.68. The van der Waals surface area contributed by atoms with Crippen LogP contribution in [0.4, 0.5) is 0 Å². The quantitative estimate of drug-likeness (QED) is 0.599. The Morgan fingerprint density at radius 1 is 1.18 bits per heavy atom. The van der Waals surface area contributed by atoms with Gasteiger partial charge in [0.25, 0.3) is 0 Å². The number of rotatable bonds is 7. The highest BCUT2D eigenvalue weighted by Gasteiger charge is 2.22. The number of phenols is 1. The molecule has 2 aromatic rings. The van der Waals surface area contributed by atoms with E-state index in [9.17, 15) is 9.67 Å². The van der Waals surface area contributed by atoms with Crippen LogP contribution in [0, 0.1) is 0 Å². The molecule has 0 radical (unpaired) electrons. The monoisotopic (exact) mass is 327 g/mol. The van der Waals surface area contributed by atoms with Crippen molar-refractivity contribution < 1.29 is 29.3 Å². The molecule has 0 saturated heterocycles. The molecule has 1 unspecified atom stereocenters. The molecule has 0 aliphatic heterocycles. The van der Waals surface area contributed by atoms with Crippen molar-refractivity contribution in [2.45, 2.75) is 26.2 Å². The van der Waals surface area contributed by atoms with Crippen LogP contribution in [0.3, 0.4) is 0 Å². The van der Waals surface area contributed by atoms with Gasteiger partial charge >= 0.3 is 8.25 Å². The van der Waals surface area contributed by atoms with Gasteiger partial charge in [-0.25, -0.2) is 4.52 Å². The molecule has 2 rings (SSSR count). The molecule has 0 saturated carbocycles. The van der Waals surface area contributed by atoms with E-state index in [4.69, 9.17) is 14.2 Å². The van der Waals surface area contributed by atoms with Crippen LogP contribution in [0.15, 0.2) is 30.3 Å². The van der Waals surface area contributed by atoms with Gasteiger partial charge in [0.1, 0.15) is 5.75 Å². The third-order valence-corrected chi connectivity index (χ3v) is 3.45. The molecule has 1 atom stereocenters. The Kier molecular flexibility index (Phi) is 7.05. The molecule has 2 aromatic carbocycles. The van der Waals surface area contributed by atoms with Crippen molar-refractivity contribution >= 4 is 19.0 Å². The normalized spacial score (nSPS) is 10.9. The molecule has 7 heteroatoms. The largest absolute Gasteiger partial charge is 0.747 e. The standard InChI is InChI=1S/C15H17O5P.H2O/c1-2-3-6-9-19-14-10-13(16)15(20-21(17)18)12-8-5-4-7-11(12)14;/h4-5,7-8,10H,2-3,6,9H2,1H3,(H-,16,17,18);1H2/p+1. The number of unbranched alkanes of at least 4 members (excludes halogenated alkanes) is 2. The van der Waals surface area contributed by atoms with Crippen molar-refractivity contribution in [2.75, 3.05) is 6.61 Å². The minimum absolute atomic E-state index is 0. The second-order valence-electron chi connectivity index (χ2n) is 4.65. The van der Waals surface area contributed by atoms with Crippen molar-refractivity contribution in [2.24, 2.45) is 0 Å². The number of hydrogen-bond donors (Lipinski definition) is 2. The molecule has 0 fully saturated rings. The zero-order valence-corrected chi connectivity index (χ0v) is 13.2. The predicted molar refractivity (Wildman–Crippen MR) is 84.7 cm³/mol. The summed E-state index contributed by atoms with van der Waals surface area (Å²) in [6, 6.07) is 8.55. The maximum absolute atomic E-state index is 10.9. The van der Waals surface area contributed by atoms with Crippen LogP contribution in [0.25, 0.3) is 10.8 Å². The van der Waals surface area contributed by atoms with Crippen molar-refractivity contribution in [3.05, 3.63) is 30.3 Å². The van der Waals surface area contributed by atoms with Gasteiger partial charge in [0.05, 0.1) is 6.61 Å². The summed E-state index contributed by atoms with van der Waals surface area (Å²) >= 11 is 0. The molecular weight excluding hydrogens is 307 g/mol. The van der Waals surface area contributed by atoms with Gasteiger partial charge in [-0.3, -0.25) is 0 Å². The fourth-order valence-electron chi connectivity index (χ4n) is 2.13. The van der Waals surface area contributed by atoms with E-state index in [1.54, 1.807) is 12.1 Å². The van der Waals surface area contributed by atoms with Crippen LogP contribution in [0.1, 0.15) is 26.2 Å². The first-order valence-corrected chi connectivity index (χ1v) is 7.98. The zero-order chi connectivity index (χ0) is 15.2. The van der Waals surface area contributed by atoms with E-state index in [-0.39, 0.29) is 17.0 Å². The molecule has 0 aromatic heterocycles. The molecule has 0 heterocycles. The molecule has 0 bridgehead atoms. The lowest BCUT2D eigenvalue weighted by atomic mass is 10.1. The summed E-state index contributed by atoms with van der Waals surface area (Å²) in [4.78, 5) is 8.90. The highest BCUT2D eigenvalue weighted by molar-refractivity contribution is 7.32. The number of fused-ring (bicyclic) bond motifs is 1. The lowest BCUT2D eigenvalue weighted by Crippen LogP contribution is -1.98. The number of phenolic OH excluding ortho intramolecular Hbond substituents is 1. The molecule has 120 valence electrons. The first kappa shape index (κ1) is 18.2. The smallest absolute Gasteiger partial charge is 0.504 e. The topological polar surface area (TPSA) is 107 Å². The summed E-state index contributed by atoms with van der Waals surface area (Å²) in [6.07, 6.45) is 3.12. The predicted octanol–water partition coefficient (Wildman–Crippen LogP) is 3.32. The van der Waals surface area contributed by atoms with Crippen LogP contribution in [-0.2, 0) is 4.57 Å². The molecule has 0 amide bonds. The van der Waals surface area contributed by atoms with Gasteiger partial charge in [-0.2, -0.15) is 0 Å². The molecule has 22 heavy (non-hydrogen) atoms. The van der Waals surface area contributed by atoms with Gasteiger partial charge in [0, 0.05) is 21.4 Å². The highest BCUT2D eigenvalue weighted by Crippen LogP contribution is 2.43. The average molecular weight is 327 g/mol. The summed E-state index contributed by atoms with van der Waals surface area (Å²) in [5.41, 5.74) is 0. The Bertz CT molecular complexity index is 643. The Morgan fingerprint density at radius 2 is 1.86 bits per heavy atom. The van der Waals surface area contributed by atoms with Crippen molar-refractivity contribution in [1.82, 2.24) is 0 Å². The van der Waals surface area contributed by atoms with E-state index in [2.05, 4.69) is 6.92 Å². The Hall–Kier alpha value is -1.88. The van der Waals surface area contributed by atoms with Crippen LogP contribution in [0.5, 0.6) is 17.2 Å². The lowest BCUT2D eigenvalue weighted by Gasteiger charge is -2.11. The molecular formula is C15H20O6P+. The minimum atomic E-state index is -2.84. The van der Waals surface area contributed by atoms with Gasteiger partial charge in [-0.05, 0) is 6.42 Å². The number of ether oxygens (including phenoxy) is 1. The second kappa shape index (κ2) is 8.54. The fourth-order valence-corrected chi connectivity index (χ4v) is 2.48. The first-order valence-electron chi connectivity index (χ1n) is 6.85. The third kappa shape index (κ3) is 4.31. The number of aromatic hydroxyl groups is 1. The van der Waals surface area contributed by atoms with Crippen LogP contribution in [-0.4, -0.2) is 22.1 Å². The fraction of sp³-hybridized carbons (Fsp3) is 0.333. The van der Waals surface area contributed by atoms with Gasteiger partial charge in [-0.15, -0.1) is 4.89 Å². The SMILES string of the molecule is CCCCCOc1cc(O)c(O[P+](=O)O)c2ccccc12.O. The first-order chi connectivity index (χ1) is 10.1. The lowest BCUT2D eigenvalue weighted by molar-refractivity contribution is 0.307. The zero-order valence-electron chi connectivity index (χ0n) is 12.3. The molecule has 0 spiro atoms. The molecule has 4 N–H and O–H groups in total. The van der Waals surface area contributed by atoms with Crippen molar-refractivity contribution in [1.29, 1.82) is 0 Å². The van der Waals surface area contributed by atoms with Gasteiger partial charge < -0.3 is 15.3 Å². The summed E-state index contributed by atoms with van der Waals surface area (Å²) in [5.74, 6) is 0.325. The third-order valence-electron chi connectivity index (χ3n) is 3.11. The number of benzene rings is 2. The molecule has 0 aliphatic carbocycles. The average Bonchev–Trinajstić information content (AvgIpc) is 2.47. The Balaban J connectivity index is 0.00000242. The van der Waals surface area contributed by atoms with E-state index >= 15 is 0 Å². The van der Waals surface area contributed by atoms with Crippen molar-refractivity contribution in [3.63, 3.8) is 0 Å². The van der Waals surface area contributed by atoms with Gasteiger partial charge in [0.2, 0.25) is 5.75 Å². The van der Waals surface area contributed by atoms with E-state index in [1.807, 2.05) is 12.1 Å². The van der Waals surface area contributed by atoms with E-state index < -0.39 is 8.25 Å². The highest BCUT2D eigenvalue weighted by atomic mass is 31.1. The van der Waals surface area contributed by atoms with Crippen LogP contribution in [0.2, 0.25) is 0 Å². The van der Waals surface area contributed by atoms with Crippen molar-refractivity contribution in [3.8, 4) is 17.2 Å². The maximum Gasteiger partial charge on any atom is 0.747 e. The summed E-state index contributed by atoms with van der Waals surface area (Å²) in [7, 11) is -2.84. The minimum Gasteiger partial charge on any atom is -0.504 e. The van der Waals surface area contributed by atoms with E-state index in [0.717, 1.165) is 24.6 Å². The van der Waals surface area contributed by atoms with Crippen LogP contribution < -0.4 is 9.26 Å². The summed E-state index contributed by atoms with van der Waals surface area (Å²) < 4.78 is 21.4. The number of hydrogen-bond acceptors (Lipinski definition) is 4. The molecule has 0 aliphatic rings. The molecule has 6 nitrogen and oxygen atoms in total. The van der Waals surface area contributed by atoms with E-state index in [0.29, 0.717) is 17.7 Å². The van der Waals surface area contributed by atoms with E-state index in [1.165, 1.54) is 6.07 Å². The Morgan fingerprint density at radius 3 is 2.50 bits per heavy atom. The van der Waals surface area contributed by atoms with Gasteiger partial charge in [-0.1, -0.05) is 44.0 Å². The second-order valence-corrected chi connectivity index (χ2v) is 5.31. The summed E-state index contributed by atoms with van der Waals surface area (Å²) in [5, 5.41) is 11.3. The van der Waals surface area contributed by atoms with Gasteiger partial charge in [0.15, 0.2) is 5.75 Å².